The molecule has 19 heavy (non-hydrogen) atoms. The molecule has 0 aliphatic rings. The largest absolute Gasteiger partial charge is 0.352 e. The number of aryl methyl sites for hydroxylation is 1. The molecule has 1 rings (SSSR count). The van der Waals surface area contributed by atoms with Crippen LogP contribution in [-0.2, 0) is 0 Å². The fourth-order valence-electron chi connectivity index (χ4n) is 2.08. The molecule has 0 aliphatic carbocycles. The Labute approximate surface area is 130 Å². The fraction of sp³-hybridized carbons (Fsp3) is 0.562. The molecule has 0 spiro atoms. The lowest BCUT2D eigenvalue weighted by Gasteiger charge is -2.15. The molecule has 0 saturated carbocycles. The summed E-state index contributed by atoms with van der Waals surface area (Å²) in [6.45, 7) is 7.24. The van der Waals surface area contributed by atoms with Gasteiger partial charge in [-0.3, -0.25) is 4.79 Å². The molecule has 1 aromatic carbocycles. The number of halogens is 1. The van der Waals surface area contributed by atoms with Gasteiger partial charge in [-0.15, -0.1) is 0 Å². The maximum atomic E-state index is 12.2. The SMILES string of the molecule is CCCC[C@H](CC)CNC(=O)c1ccc(C)cc1I. The van der Waals surface area contributed by atoms with Crippen molar-refractivity contribution in [2.24, 2.45) is 5.92 Å². The van der Waals surface area contributed by atoms with Crippen LogP contribution in [0.3, 0.4) is 0 Å². The van der Waals surface area contributed by atoms with Gasteiger partial charge in [0.05, 0.1) is 5.56 Å². The van der Waals surface area contributed by atoms with Crippen LogP contribution in [0.4, 0.5) is 0 Å². The Hall–Kier alpha value is -0.580. The summed E-state index contributed by atoms with van der Waals surface area (Å²) in [6.07, 6.45) is 4.81. The van der Waals surface area contributed by atoms with E-state index in [4.69, 9.17) is 0 Å². The number of nitrogens with one attached hydrogen (secondary N) is 1. The number of hydrogen-bond donors (Lipinski definition) is 1. The van der Waals surface area contributed by atoms with Gasteiger partial charge >= 0.3 is 0 Å². The first-order valence-electron chi connectivity index (χ1n) is 7.12. The molecule has 1 atom stereocenters. The second-order valence-electron chi connectivity index (χ2n) is 5.11. The number of hydrogen-bond acceptors (Lipinski definition) is 1. The van der Waals surface area contributed by atoms with Crippen molar-refractivity contribution in [2.45, 2.75) is 46.5 Å². The van der Waals surface area contributed by atoms with Crippen molar-refractivity contribution < 1.29 is 4.79 Å². The van der Waals surface area contributed by atoms with Gasteiger partial charge in [0, 0.05) is 10.1 Å². The molecule has 0 fully saturated rings. The van der Waals surface area contributed by atoms with Crippen molar-refractivity contribution in [3.8, 4) is 0 Å². The Morgan fingerprint density at radius 3 is 2.68 bits per heavy atom. The summed E-state index contributed by atoms with van der Waals surface area (Å²) in [5.74, 6) is 0.659. The van der Waals surface area contributed by atoms with E-state index < -0.39 is 0 Å². The number of carbonyl (C=O) groups is 1. The number of benzene rings is 1. The molecule has 0 heterocycles. The molecule has 106 valence electrons. The van der Waals surface area contributed by atoms with Crippen LogP contribution in [0.1, 0.15) is 55.5 Å². The van der Waals surface area contributed by atoms with Crippen LogP contribution in [0.2, 0.25) is 0 Å². The van der Waals surface area contributed by atoms with Gasteiger partial charge in [-0.05, 0) is 54.0 Å². The van der Waals surface area contributed by atoms with E-state index in [2.05, 4.69) is 41.8 Å². The Bertz CT molecular complexity index is 417. The lowest BCUT2D eigenvalue weighted by molar-refractivity contribution is 0.0945. The smallest absolute Gasteiger partial charge is 0.252 e. The average Bonchev–Trinajstić information content (AvgIpc) is 2.38. The number of unbranched alkanes of at least 4 members (excludes halogenated alkanes) is 1. The highest BCUT2D eigenvalue weighted by molar-refractivity contribution is 14.1. The average molecular weight is 373 g/mol. The lowest BCUT2D eigenvalue weighted by atomic mass is 9.99. The van der Waals surface area contributed by atoms with Crippen LogP contribution >= 0.6 is 22.6 Å². The summed E-state index contributed by atoms with van der Waals surface area (Å²) < 4.78 is 1.02. The zero-order valence-corrected chi connectivity index (χ0v) is 14.3. The van der Waals surface area contributed by atoms with Crippen molar-refractivity contribution in [3.05, 3.63) is 32.9 Å². The Morgan fingerprint density at radius 2 is 2.11 bits per heavy atom. The molecular formula is C16H24INO. The molecule has 2 nitrogen and oxygen atoms in total. The third-order valence-electron chi connectivity index (χ3n) is 3.46. The quantitative estimate of drug-likeness (QED) is 0.699. The second kappa shape index (κ2) is 8.56. The molecule has 1 amide bonds. The molecule has 0 bridgehead atoms. The van der Waals surface area contributed by atoms with E-state index in [1.54, 1.807) is 0 Å². The second-order valence-corrected chi connectivity index (χ2v) is 6.27. The summed E-state index contributed by atoms with van der Waals surface area (Å²) in [6, 6.07) is 5.95. The van der Waals surface area contributed by atoms with Gasteiger partial charge in [0.15, 0.2) is 0 Å². The standard InChI is InChI=1S/C16H24INO/c1-4-6-7-13(5-2)11-18-16(19)14-9-8-12(3)10-15(14)17/h8-10,13H,4-7,11H2,1-3H3,(H,18,19)/t13-/m0/s1. The third kappa shape index (κ3) is 5.51. The minimum atomic E-state index is 0.0550. The Morgan fingerprint density at radius 1 is 1.37 bits per heavy atom. The van der Waals surface area contributed by atoms with Crippen molar-refractivity contribution >= 4 is 28.5 Å². The number of rotatable bonds is 7. The van der Waals surface area contributed by atoms with Crippen molar-refractivity contribution in [2.75, 3.05) is 6.54 Å². The van der Waals surface area contributed by atoms with Crippen molar-refractivity contribution in [3.63, 3.8) is 0 Å². The summed E-state index contributed by atoms with van der Waals surface area (Å²) in [7, 11) is 0. The summed E-state index contributed by atoms with van der Waals surface area (Å²) in [5, 5.41) is 3.08. The molecule has 1 N–H and O–H groups in total. The molecule has 1 aromatic rings. The first-order valence-corrected chi connectivity index (χ1v) is 8.20. The van der Waals surface area contributed by atoms with E-state index in [9.17, 15) is 4.79 Å². The van der Waals surface area contributed by atoms with Gasteiger partial charge < -0.3 is 5.32 Å². The van der Waals surface area contributed by atoms with Crippen molar-refractivity contribution in [1.29, 1.82) is 0 Å². The summed E-state index contributed by atoms with van der Waals surface area (Å²) in [5.41, 5.74) is 1.98. The normalized spacial score (nSPS) is 12.2. The first-order chi connectivity index (χ1) is 9.08. The molecule has 0 radical (unpaired) electrons. The van der Waals surface area contributed by atoms with Crippen LogP contribution in [-0.4, -0.2) is 12.5 Å². The molecule has 3 heteroatoms. The Balaban J connectivity index is 2.54. The number of carbonyl (C=O) groups excluding carboxylic acids is 1. The minimum Gasteiger partial charge on any atom is -0.352 e. The maximum absolute atomic E-state index is 12.2. The van der Waals surface area contributed by atoms with Crippen LogP contribution in [0.15, 0.2) is 18.2 Å². The van der Waals surface area contributed by atoms with Crippen LogP contribution in [0.5, 0.6) is 0 Å². The lowest BCUT2D eigenvalue weighted by Crippen LogP contribution is -2.29. The Kier molecular flexibility index (Phi) is 7.42. The molecular weight excluding hydrogens is 349 g/mol. The summed E-state index contributed by atoms with van der Waals surface area (Å²) >= 11 is 2.23. The monoisotopic (exact) mass is 373 g/mol. The van der Waals surface area contributed by atoms with E-state index in [0.717, 1.165) is 22.1 Å². The van der Waals surface area contributed by atoms with Crippen LogP contribution in [0, 0.1) is 16.4 Å². The van der Waals surface area contributed by atoms with Crippen molar-refractivity contribution in [1.82, 2.24) is 5.32 Å². The van der Waals surface area contributed by atoms with Crippen LogP contribution < -0.4 is 5.32 Å². The minimum absolute atomic E-state index is 0.0550. The van der Waals surface area contributed by atoms with Gasteiger partial charge in [-0.1, -0.05) is 44.7 Å². The van der Waals surface area contributed by atoms with Crippen LogP contribution in [0.25, 0.3) is 0 Å². The first kappa shape index (κ1) is 16.5. The van der Waals surface area contributed by atoms with E-state index >= 15 is 0 Å². The zero-order valence-electron chi connectivity index (χ0n) is 12.1. The van der Waals surface area contributed by atoms with E-state index in [1.165, 1.54) is 24.8 Å². The predicted molar refractivity (Wildman–Crippen MR) is 89.5 cm³/mol. The topological polar surface area (TPSA) is 29.1 Å². The van der Waals surface area contributed by atoms with E-state index in [-0.39, 0.29) is 5.91 Å². The maximum Gasteiger partial charge on any atom is 0.252 e. The molecule has 0 aromatic heterocycles. The third-order valence-corrected chi connectivity index (χ3v) is 4.36. The molecule has 0 unspecified atom stereocenters. The van der Waals surface area contributed by atoms with Gasteiger partial charge in [-0.25, -0.2) is 0 Å². The molecule has 0 saturated heterocycles. The van der Waals surface area contributed by atoms with Gasteiger partial charge in [0.2, 0.25) is 0 Å². The highest BCUT2D eigenvalue weighted by Crippen LogP contribution is 2.15. The predicted octanol–water partition coefficient (Wildman–Crippen LogP) is 4.55. The number of amides is 1. The highest BCUT2D eigenvalue weighted by atomic mass is 127. The van der Waals surface area contributed by atoms with Gasteiger partial charge in [0.25, 0.3) is 5.91 Å². The van der Waals surface area contributed by atoms with E-state index in [0.29, 0.717) is 5.92 Å². The van der Waals surface area contributed by atoms with Gasteiger partial charge in [0.1, 0.15) is 0 Å². The van der Waals surface area contributed by atoms with Gasteiger partial charge in [-0.2, -0.15) is 0 Å². The highest BCUT2D eigenvalue weighted by Gasteiger charge is 2.12. The molecule has 0 aliphatic heterocycles. The fourth-order valence-corrected chi connectivity index (χ4v) is 3.00. The summed E-state index contributed by atoms with van der Waals surface area (Å²) in [4.78, 5) is 12.2. The zero-order chi connectivity index (χ0) is 14.3. The van der Waals surface area contributed by atoms with E-state index in [1.807, 2.05) is 25.1 Å².